The molecule has 2 unspecified atom stereocenters. The maximum absolute atomic E-state index is 13.5. The van der Waals surface area contributed by atoms with Gasteiger partial charge in [-0.1, -0.05) is 54.6 Å². The minimum atomic E-state index is -0.421. The number of hydrogen-bond donors (Lipinski definition) is 1. The molecule has 2 aromatic carbocycles. The first-order chi connectivity index (χ1) is 17.1. The monoisotopic (exact) mass is 488 g/mol. The molecule has 7 heteroatoms. The van der Waals surface area contributed by atoms with Crippen molar-refractivity contribution < 1.29 is 9.59 Å². The summed E-state index contributed by atoms with van der Waals surface area (Å²) in [4.78, 5) is 34.3. The summed E-state index contributed by atoms with van der Waals surface area (Å²) < 4.78 is 0. The highest BCUT2D eigenvalue weighted by atomic mass is 32.1. The predicted octanol–water partition coefficient (Wildman–Crippen LogP) is 3.59. The van der Waals surface area contributed by atoms with Gasteiger partial charge in [0.2, 0.25) is 5.91 Å². The molecule has 2 atom stereocenters. The van der Waals surface area contributed by atoms with E-state index in [4.69, 9.17) is 0 Å². The Morgan fingerprint density at radius 3 is 2.40 bits per heavy atom. The summed E-state index contributed by atoms with van der Waals surface area (Å²) in [7, 11) is 1.80. The van der Waals surface area contributed by atoms with Crippen molar-refractivity contribution in [3.05, 3.63) is 93.7 Å². The lowest BCUT2D eigenvalue weighted by molar-refractivity contribution is -0.124. The van der Waals surface area contributed by atoms with E-state index < -0.39 is 5.92 Å². The maximum Gasteiger partial charge on any atom is 0.254 e. The van der Waals surface area contributed by atoms with Crippen LogP contribution >= 0.6 is 11.3 Å². The highest BCUT2D eigenvalue weighted by molar-refractivity contribution is 7.10. The van der Waals surface area contributed by atoms with E-state index in [0.29, 0.717) is 12.1 Å². The molecule has 0 bridgehead atoms. The van der Waals surface area contributed by atoms with Gasteiger partial charge in [0.25, 0.3) is 5.91 Å². The van der Waals surface area contributed by atoms with Gasteiger partial charge in [0.05, 0.1) is 12.0 Å². The second-order valence-corrected chi connectivity index (χ2v) is 10.3. The minimum Gasteiger partial charge on any atom is -0.354 e. The number of likely N-dealkylation sites (N-methyl/N-ethyl adjacent to an activating group) is 1. The molecule has 0 aliphatic carbocycles. The standard InChI is InChI=1S/C28H32N4O2S/c1-30-26(24-12-7-19-35-24)25(22-10-5-6-11-23(22)28(30)34)27(33)29-13-14-31-15-17-32(18-16-31)20-21-8-3-2-4-9-21/h2-12,19,25-26H,13-18,20H2,1H3,(H,29,33). The molecule has 1 saturated heterocycles. The summed E-state index contributed by atoms with van der Waals surface area (Å²) in [5.74, 6) is -0.468. The lowest BCUT2D eigenvalue weighted by Crippen LogP contribution is -2.49. The molecular formula is C28H32N4O2S. The Morgan fingerprint density at radius 2 is 1.66 bits per heavy atom. The lowest BCUT2D eigenvalue weighted by atomic mass is 9.82. The van der Waals surface area contributed by atoms with E-state index in [2.05, 4.69) is 45.4 Å². The van der Waals surface area contributed by atoms with Crippen LogP contribution in [0.2, 0.25) is 0 Å². The van der Waals surface area contributed by atoms with Crippen LogP contribution in [0.25, 0.3) is 0 Å². The van der Waals surface area contributed by atoms with Gasteiger partial charge < -0.3 is 10.2 Å². The molecule has 2 amide bonds. The van der Waals surface area contributed by atoms with Gasteiger partial charge in [0, 0.05) is 63.3 Å². The average molecular weight is 489 g/mol. The second kappa shape index (κ2) is 10.7. The molecule has 5 rings (SSSR count). The van der Waals surface area contributed by atoms with Crippen LogP contribution in [0.15, 0.2) is 72.1 Å². The van der Waals surface area contributed by atoms with Crippen molar-refractivity contribution in [3.8, 4) is 0 Å². The third-order valence-corrected chi connectivity index (χ3v) is 8.08. The first-order valence-electron chi connectivity index (χ1n) is 12.3. The van der Waals surface area contributed by atoms with Crippen LogP contribution < -0.4 is 5.32 Å². The van der Waals surface area contributed by atoms with Crippen LogP contribution in [0, 0.1) is 0 Å². The molecule has 1 aromatic heterocycles. The van der Waals surface area contributed by atoms with Crippen molar-refractivity contribution in [1.29, 1.82) is 0 Å². The first-order valence-corrected chi connectivity index (χ1v) is 13.2. The Kier molecular flexibility index (Phi) is 7.27. The third-order valence-electron chi connectivity index (χ3n) is 7.14. The fraction of sp³-hybridized carbons (Fsp3) is 0.357. The largest absolute Gasteiger partial charge is 0.354 e. The molecule has 35 heavy (non-hydrogen) atoms. The Bertz CT molecular complexity index is 1140. The van der Waals surface area contributed by atoms with Crippen LogP contribution in [0.5, 0.6) is 0 Å². The van der Waals surface area contributed by atoms with Gasteiger partial charge in [-0.25, -0.2) is 0 Å². The van der Waals surface area contributed by atoms with Crippen LogP contribution in [-0.4, -0.2) is 72.8 Å². The van der Waals surface area contributed by atoms with Crippen LogP contribution in [0.1, 0.15) is 38.3 Å². The van der Waals surface area contributed by atoms with Crippen molar-refractivity contribution in [3.63, 3.8) is 0 Å². The van der Waals surface area contributed by atoms with Crippen LogP contribution in [0.3, 0.4) is 0 Å². The average Bonchev–Trinajstić information content (AvgIpc) is 3.42. The molecule has 182 valence electrons. The Morgan fingerprint density at radius 1 is 0.943 bits per heavy atom. The van der Waals surface area contributed by atoms with Gasteiger partial charge in [-0.05, 0) is 28.6 Å². The van der Waals surface area contributed by atoms with Gasteiger partial charge in [-0.2, -0.15) is 0 Å². The number of fused-ring (bicyclic) bond motifs is 1. The van der Waals surface area contributed by atoms with Gasteiger partial charge in [-0.3, -0.25) is 19.4 Å². The highest BCUT2D eigenvalue weighted by Gasteiger charge is 2.42. The molecule has 6 nitrogen and oxygen atoms in total. The summed E-state index contributed by atoms with van der Waals surface area (Å²) in [6.45, 7) is 6.50. The summed E-state index contributed by atoms with van der Waals surface area (Å²) in [6, 6.07) is 21.8. The zero-order valence-electron chi connectivity index (χ0n) is 20.1. The van der Waals surface area contributed by atoms with Crippen molar-refractivity contribution >= 4 is 23.2 Å². The number of hydrogen-bond acceptors (Lipinski definition) is 5. The quantitative estimate of drug-likeness (QED) is 0.552. The number of rotatable bonds is 7. The van der Waals surface area contributed by atoms with Gasteiger partial charge in [-0.15, -0.1) is 11.3 Å². The molecule has 1 N–H and O–H groups in total. The number of thiophene rings is 1. The number of benzene rings is 2. The molecule has 1 fully saturated rings. The zero-order chi connectivity index (χ0) is 24.2. The molecule has 3 aromatic rings. The molecule has 2 aliphatic rings. The van der Waals surface area contributed by atoms with Gasteiger partial charge in [0.15, 0.2) is 0 Å². The van der Waals surface area contributed by atoms with Crippen molar-refractivity contribution in [2.45, 2.75) is 18.5 Å². The molecule has 0 spiro atoms. The van der Waals surface area contributed by atoms with Crippen LogP contribution in [-0.2, 0) is 11.3 Å². The summed E-state index contributed by atoms with van der Waals surface area (Å²) in [5, 5.41) is 5.19. The summed E-state index contributed by atoms with van der Waals surface area (Å²) >= 11 is 1.59. The number of carbonyl (C=O) groups excluding carboxylic acids is 2. The van der Waals surface area contributed by atoms with E-state index >= 15 is 0 Å². The Labute approximate surface area is 211 Å². The second-order valence-electron chi connectivity index (χ2n) is 9.34. The first kappa shape index (κ1) is 23.7. The highest BCUT2D eigenvalue weighted by Crippen LogP contribution is 2.43. The molecule has 0 saturated carbocycles. The van der Waals surface area contributed by atoms with E-state index in [1.165, 1.54) is 5.56 Å². The molecule has 3 heterocycles. The molecule has 2 aliphatic heterocycles. The van der Waals surface area contributed by atoms with E-state index in [1.807, 2.05) is 41.8 Å². The van der Waals surface area contributed by atoms with E-state index in [9.17, 15) is 9.59 Å². The van der Waals surface area contributed by atoms with E-state index in [0.717, 1.165) is 49.7 Å². The predicted molar refractivity (Wildman–Crippen MR) is 140 cm³/mol. The normalized spacial score (nSPS) is 21.1. The van der Waals surface area contributed by atoms with E-state index in [-0.39, 0.29) is 17.9 Å². The number of carbonyl (C=O) groups is 2. The number of amides is 2. The van der Waals surface area contributed by atoms with Crippen molar-refractivity contribution in [2.75, 3.05) is 46.3 Å². The molecule has 0 radical (unpaired) electrons. The Balaban J connectivity index is 1.20. The van der Waals surface area contributed by atoms with Crippen LogP contribution in [0.4, 0.5) is 0 Å². The maximum atomic E-state index is 13.5. The zero-order valence-corrected chi connectivity index (χ0v) is 20.9. The summed E-state index contributed by atoms with van der Waals surface area (Å²) in [6.07, 6.45) is 0. The SMILES string of the molecule is CN1C(=O)c2ccccc2C(C(=O)NCCN2CCN(Cc3ccccc3)CC2)C1c1cccs1. The summed E-state index contributed by atoms with van der Waals surface area (Å²) in [5.41, 5.74) is 2.79. The number of nitrogens with zero attached hydrogens (tertiary/aromatic N) is 3. The van der Waals surface area contributed by atoms with Gasteiger partial charge >= 0.3 is 0 Å². The number of piperazine rings is 1. The Hall–Kier alpha value is -3.00. The third kappa shape index (κ3) is 5.17. The minimum absolute atomic E-state index is 0.0158. The van der Waals surface area contributed by atoms with Crippen molar-refractivity contribution in [1.82, 2.24) is 20.0 Å². The smallest absolute Gasteiger partial charge is 0.254 e. The number of nitrogens with one attached hydrogen (secondary N) is 1. The van der Waals surface area contributed by atoms with E-state index in [1.54, 1.807) is 23.3 Å². The molecular weight excluding hydrogens is 456 g/mol. The van der Waals surface area contributed by atoms with Crippen molar-refractivity contribution in [2.24, 2.45) is 0 Å². The fourth-order valence-corrected chi connectivity index (χ4v) is 6.14. The lowest BCUT2D eigenvalue weighted by Gasteiger charge is -2.39. The topological polar surface area (TPSA) is 55.9 Å². The van der Waals surface area contributed by atoms with Gasteiger partial charge in [0.1, 0.15) is 0 Å². The fourth-order valence-electron chi connectivity index (χ4n) is 5.23.